The van der Waals surface area contributed by atoms with Crippen LogP contribution in [0.3, 0.4) is 0 Å². The molecule has 2 aromatic carbocycles. The number of carbonyl (C=O) groups is 1. The molecule has 1 N–H and O–H groups in total. The van der Waals surface area contributed by atoms with E-state index in [0.29, 0.717) is 0 Å². The van der Waals surface area contributed by atoms with Gasteiger partial charge in [-0.05, 0) is 38.2 Å². The minimum absolute atomic E-state index is 0.0481. The maximum atomic E-state index is 13.2. The summed E-state index contributed by atoms with van der Waals surface area (Å²) in [7, 11) is 1.82. The highest BCUT2D eigenvalue weighted by atomic mass is 32.1. The lowest BCUT2D eigenvalue weighted by atomic mass is 10.3. The second kappa shape index (κ2) is 7.25. The highest BCUT2D eigenvalue weighted by Crippen LogP contribution is 2.28. The number of para-hydroxylation sites is 1. The summed E-state index contributed by atoms with van der Waals surface area (Å²) >= 11 is 1.59. The molecule has 0 aliphatic heterocycles. The lowest BCUT2D eigenvalue weighted by Crippen LogP contribution is -2.32. The molecule has 3 rings (SSSR count). The second-order valence-corrected chi connectivity index (χ2v) is 6.85. The Morgan fingerprint density at radius 1 is 1.24 bits per heavy atom. The van der Waals surface area contributed by atoms with Crippen LogP contribution in [-0.2, 0) is 4.79 Å². The van der Waals surface area contributed by atoms with E-state index >= 15 is 0 Å². The molecule has 0 aliphatic rings. The maximum absolute atomic E-state index is 13.2. The summed E-state index contributed by atoms with van der Waals surface area (Å²) in [5.74, 6) is -2.24. The lowest BCUT2D eigenvalue weighted by molar-refractivity contribution is -0.117. The van der Waals surface area contributed by atoms with Gasteiger partial charge in [-0.2, -0.15) is 0 Å². The van der Waals surface area contributed by atoms with Crippen molar-refractivity contribution < 1.29 is 13.6 Å². The number of benzene rings is 2. The van der Waals surface area contributed by atoms with Crippen LogP contribution in [-0.4, -0.2) is 29.4 Å². The highest BCUT2D eigenvalue weighted by molar-refractivity contribution is 7.18. The predicted octanol–water partition coefficient (Wildman–Crippen LogP) is 4.21. The van der Waals surface area contributed by atoms with Crippen LogP contribution in [0.15, 0.2) is 42.5 Å². The Kier molecular flexibility index (Phi) is 5.06. The van der Waals surface area contributed by atoms with E-state index in [-0.39, 0.29) is 24.2 Å². The standard InChI is InChI=1S/C18H17F2N3OS/c1-11(18-22-15-5-3-4-6-16(15)25-18)23(2)10-17(24)21-12-7-8-13(19)14(20)9-12/h3-9,11H,10H2,1-2H3,(H,21,24)/t11-/m0/s1. The summed E-state index contributed by atoms with van der Waals surface area (Å²) in [6.45, 7) is 2.08. The third kappa shape index (κ3) is 4.00. The molecular weight excluding hydrogens is 344 g/mol. The van der Waals surface area contributed by atoms with Gasteiger partial charge in [0.15, 0.2) is 11.6 Å². The van der Waals surface area contributed by atoms with Gasteiger partial charge in [0.1, 0.15) is 5.01 Å². The molecule has 7 heteroatoms. The first-order valence-corrected chi connectivity index (χ1v) is 8.56. The molecule has 0 bridgehead atoms. The second-order valence-electron chi connectivity index (χ2n) is 5.79. The van der Waals surface area contributed by atoms with Crippen molar-refractivity contribution in [1.82, 2.24) is 9.88 Å². The van der Waals surface area contributed by atoms with E-state index in [1.807, 2.05) is 43.1 Å². The SMILES string of the molecule is C[C@@H](c1nc2ccccc2s1)N(C)CC(=O)Nc1ccc(F)c(F)c1. The molecule has 0 aliphatic carbocycles. The van der Waals surface area contributed by atoms with Crippen molar-refractivity contribution in [2.45, 2.75) is 13.0 Å². The number of hydrogen-bond acceptors (Lipinski definition) is 4. The fraction of sp³-hybridized carbons (Fsp3) is 0.222. The molecule has 0 saturated heterocycles. The molecule has 0 spiro atoms. The quantitative estimate of drug-likeness (QED) is 0.741. The van der Waals surface area contributed by atoms with Crippen molar-refractivity contribution in [3.8, 4) is 0 Å². The average molecular weight is 361 g/mol. The molecule has 130 valence electrons. The molecule has 0 radical (unpaired) electrons. The summed E-state index contributed by atoms with van der Waals surface area (Å²) in [6.07, 6.45) is 0. The van der Waals surface area contributed by atoms with Crippen molar-refractivity contribution in [1.29, 1.82) is 0 Å². The number of nitrogens with one attached hydrogen (secondary N) is 1. The number of anilines is 1. The molecule has 4 nitrogen and oxygen atoms in total. The van der Waals surface area contributed by atoms with E-state index < -0.39 is 11.6 Å². The van der Waals surface area contributed by atoms with Gasteiger partial charge in [0.2, 0.25) is 5.91 Å². The van der Waals surface area contributed by atoms with Gasteiger partial charge in [0.05, 0.1) is 22.8 Å². The summed E-state index contributed by atoms with van der Waals surface area (Å²) in [5, 5.41) is 3.49. The molecule has 0 saturated carbocycles. The first kappa shape index (κ1) is 17.4. The van der Waals surface area contributed by atoms with Gasteiger partial charge in [-0.1, -0.05) is 12.1 Å². The van der Waals surface area contributed by atoms with E-state index in [1.165, 1.54) is 6.07 Å². The highest BCUT2D eigenvalue weighted by Gasteiger charge is 2.18. The van der Waals surface area contributed by atoms with Crippen molar-refractivity contribution in [3.05, 3.63) is 59.1 Å². The van der Waals surface area contributed by atoms with Gasteiger partial charge in [-0.25, -0.2) is 13.8 Å². The third-order valence-corrected chi connectivity index (χ3v) is 5.13. The molecule has 1 heterocycles. The average Bonchev–Trinajstić information content (AvgIpc) is 3.01. The zero-order valence-electron chi connectivity index (χ0n) is 13.8. The Hall–Kier alpha value is -2.38. The minimum atomic E-state index is -0.992. The summed E-state index contributed by atoms with van der Waals surface area (Å²) < 4.78 is 27.2. The van der Waals surface area contributed by atoms with Crippen molar-refractivity contribution in [2.75, 3.05) is 18.9 Å². The molecule has 1 amide bonds. The van der Waals surface area contributed by atoms with E-state index in [2.05, 4.69) is 10.3 Å². The van der Waals surface area contributed by atoms with Gasteiger partial charge >= 0.3 is 0 Å². The first-order valence-electron chi connectivity index (χ1n) is 7.74. The Balaban J connectivity index is 1.64. The van der Waals surface area contributed by atoms with Gasteiger partial charge in [-0.3, -0.25) is 9.69 Å². The lowest BCUT2D eigenvalue weighted by Gasteiger charge is -2.22. The van der Waals surface area contributed by atoms with E-state index in [9.17, 15) is 13.6 Å². The largest absolute Gasteiger partial charge is 0.325 e. The summed E-state index contributed by atoms with van der Waals surface area (Å²) in [4.78, 5) is 18.6. The zero-order chi connectivity index (χ0) is 18.0. The Labute approximate surface area is 148 Å². The zero-order valence-corrected chi connectivity index (χ0v) is 14.6. The van der Waals surface area contributed by atoms with Crippen LogP contribution in [0.5, 0.6) is 0 Å². The number of halogens is 2. The van der Waals surface area contributed by atoms with E-state index in [0.717, 1.165) is 27.4 Å². The van der Waals surface area contributed by atoms with E-state index in [1.54, 1.807) is 11.3 Å². The molecule has 3 aromatic rings. The van der Waals surface area contributed by atoms with Crippen molar-refractivity contribution in [2.24, 2.45) is 0 Å². The topological polar surface area (TPSA) is 45.2 Å². The predicted molar refractivity (Wildman–Crippen MR) is 95.7 cm³/mol. The number of hydrogen-bond donors (Lipinski definition) is 1. The van der Waals surface area contributed by atoms with Gasteiger partial charge in [0.25, 0.3) is 0 Å². The van der Waals surface area contributed by atoms with E-state index in [4.69, 9.17) is 0 Å². The van der Waals surface area contributed by atoms with Gasteiger partial charge < -0.3 is 5.32 Å². The molecule has 0 unspecified atom stereocenters. The fourth-order valence-electron chi connectivity index (χ4n) is 2.40. The van der Waals surface area contributed by atoms with Crippen LogP contribution < -0.4 is 5.32 Å². The number of likely N-dealkylation sites (N-methyl/N-ethyl adjacent to an activating group) is 1. The Bertz CT molecular complexity index is 879. The molecular formula is C18H17F2N3OS. The first-order chi connectivity index (χ1) is 11.9. The van der Waals surface area contributed by atoms with Crippen LogP contribution in [0.2, 0.25) is 0 Å². The molecule has 25 heavy (non-hydrogen) atoms. The number of nitrogens with zero attached hydrogens (tertiary/aromatic N) is 2. The van der Waals surface area contributed by atoms with Gasteiger partial charge in [-0.15, -0.1) is 11.3 Å². The van der Waals surface area contributed by atoms with Gasteiger partial charge in [0, 0.05) is 11.8 Å². The fourth-order valence-corrected chi connectivity index (χ4v) is 3.48. The third-order valence-electron chi connectivity index (χ3n) is 3.93. The van der Waals surface area contributed by atoms with Crippen molar-refractivity contribution >= 4 is 33.1 Å². The summed E-state index contributed by atoms with van der Waals surface area (Å²) in [6, 6.07) is 11.1. The van der Waals surface area contributed by atoms with Crippen LogP contribution in [0.4, 0.5) is 14.5 Å². The molecule has 1 atom stereocenters. The number of thiazole rings is 1. The van der Waals surface area contributed by atoms with Crippen LogP contribution >= 0.6 is 11.3 Å². The van der Waals surface area contributed by atoms with Crippen LogP contribution in [0.1, 0.15) is 18.0 Å². The molecule has 0 fully saturated rings. The number of rotatable bonds is 5. The minimum Gasteiger partial charge on any atom is -0.325 e. The number of aromatic nitrogens is 1. The Morgan fingerprint density at radius 2 is 2.00 bits per heavy atom. The van der Waals surface area contributed by atoms with Crippen LogP contribution in [0.25, 0.3) is 10.2 Å². The van der Waals surface area contributed by atoms with Crippen LogP contribution in [0, 0.1) is 11.6 Å². The van der Waals surface area contributed by atoms with Crippen molar-refractivity contribution in [3.63, 3.8) is 0 Å². The number of amides is 1. The summed E-state index contributed by atoms with van der Waals surface area (Å²) in [5.41, 5.74) is 1.17. The number of fused-ring (bicyclic) bond motifs is 1. The number of carbonyl (C=O) groups excluding carboxylic acids is 1. The Morgan fingerprint density at radius 3 is 2.72 bits per heavy atom. The maximum Gasteiger partial charge on any atom is 0.238 e. The smallest absolute Gasteiger partial charge is 0.238 e. The molecule has 1 aromatic heterocycles. The monoisotopic (exact) mass is 361 g/mol. The normalized spacial score (nSPS) is 12.5.